The number of pyridine rings is 1. The first kappa shape index (κ1) is 12.6. The molecule has 0 spiro atoms. The number of aromatic nitrogens is 1. The maximum Gasteiger partial charge on any atom is 0.325 e. The van der Waals surface area contributed by atoms with Gasteiger partial charge in [0, 0.05) is 38.1 Å². The number of rotatable bonds is 3. The van der Waals surface area contributed by atoms with E-state index >= 15 is 0 Å². The lowest BCUT2D eigenvalue weighted by Crippen LogP contribution is -2.52. The average molecular weight is 261 g/mol. The number of carboxylic acid groups (broad SMARTS) is 1. The van der Waals surface area contributed by atoms with Gasteiger partial charge in [-0.2, -0.15) is 0 Å². The standard InChI is InChI=1S/C14H19N3O2/c18-14(19)13(11-3-1-5-15-9-11)17-8-7-16-6-2-4-12(16)10-17/h1,3,5,9,12-13H,2,4,6-8,10H2,(H,18,19). The van der Waals surface area contributed by atoms with Gasteiger partial charge < -0.3 is 5.11 Å². The lowest BCUT2D eigenvalue weighted by molar-refractivity contribution is -0.144. The summed E-state index contributed by atoms with van der Waals surface area (Å²) in [6, 6.07) is 3.63. The van der Waals surface area contributed by atoms with E-state index in [0.29, 0.717) is 6.04 Å². The minimum atomic E-state index is -0.778. The van der Waals surface area contributed by atoms with Gasteiger partial charge in [-0.25, -0.2) is 0 Å². The molecule has 2 unspecified atom stereocenters. The van der Waals surface area contributed by atoms with E-state index in [-0.39, 0.29) is 0 Å². The second-order valence-corrected chi connectivity index (χ2v) is 5.35. The van der Waals surface area contributed by atoms with E-state index in [0.717, 1.165) is 25.2 Å². The Bertz CT molecular complexity index is 451. The third-order valence-electron chi connectivity index (χ3n) is 4.22. The molecule has 3 heterocycles. The molecule has 0 aromatic carbocycles. The predicted molar refractivity (Wildman–Crippen MR) is 70.8 cm³/mol. The van der Waals surface area contributed by atoms with Gasteiger partial charge in [-0.05, 0) is 31.0 Å². The summed E-state index contributed by atoms with van der Waals surface area (Å²) < 4.78 is 0. The normalized spacial score (nSPS) is 26.0. The number of carboxylic acids is 1. The van der Waals surface area contributed by atoms with Crippen molar-refractivity contribution in [2.24, 2.45) is 0 Å². The molecule has 0 bridgehead atoms. The maximum atomic E-state index is 11.6. The molecule has 1 aromatic rings. The molecule has 5 heteroatoms. The van der Waals surface area contributed by atoms with Crippen LogP contribution in [0.15, 0.2) is 24.5 Å². The molecule has 2 atom stereocenters. The molecule has 0 saturated carbocycles. The van der Waals surface area contributed by atoms with Crippen LogP contribution >= 0.6 is 0 Å². The second-order valence-electron chi connectivity index (χ2n) is 5.35. The first-order valence-electron chi connectivity index (χ1n) is 6.86. The molecule has 2 fully saturated rings. The summed E-state index contributed by atoms with van der Waals surface area (Å²) in [4.78, 5) is 20.2. The van der Waals surface area contributed by atoms with E-state index < -0.39 is 12.0 Å². The highest BCUT2D eigenvalue weighted by atomic mass is 16.4. The van der Waals surface area contributed by atoms with Crippen molar-refractivity contribution >= 4 is 5.97 Å². The van der Waals surface area contributed by atoms with E-state index in [4.69, 9.17) is 0 Å². The zero-order chi connectivity index (χ0) is 13.2. The molecule has 0 amide bonds. The second kappa shape index (κ2) is 5.27. The molecule has 2 aliphatic rings. The van der Waals surface area contributed by atoms with Crippen LogP contribution in [-0.4, -0.2) is 58.1 Å². The molecule has 3 rings (SSSR count). The van der Waals surface area contributed by atoms with Crippen LogP contribution in [0.1, 0.15) is 24.4 Å². The summed E-state index contributed by atoms with van der Waals surface area (Å²) in [7, 11) is 0. The summed E-state index contributed by atoms with van der Waals surface area (Å²) in [5.41, 5.74) is 0.779. The van der Waals surface area contributed by atoms with Gasteiger partial charge in [0.25, 0.3) is 0 Å². The summed E-state index contributed by atoms with van der Waals surface area (Å²) in [6.45, 7) is 3.83. The fraction of sp³-hybridized carbons (Fsp3) is 0.571. The van der Waals surface area contributed by atoms with Gasteiger partial charge in [0.15, 0.2) is 0 Å². The van der Waals surface area contributed by atoms with Gasteiger partial charge in [0.1, 0.15) is 6.04 Å². The van der Waals surface area contributed by atoms with Crippen LogP contribution in [0.4, 0.5) is 0 Å². The van der Waals surface area contributed by atoms with Gasteiger partial charge >= 0.3 is 5.97 Å². The number of piperazine rings is 1. The molecule has 2 saturated heterocycles. The summed E-state index contributed by atoms with van der Waals surface area (Å²) in [5.74, 6) is -0.778. The molecule has 0 aliphatic carbocycles. The van der Waals surface area contributed by atoms with E-state index in [9.17, 15) is 9.90 Å². The number of hydrogen-bond acceptors (Lipinski definition) is 4. The molecule has 0 radical (unpaired) electrons. The highest BCUT2D eigenvalue weighted by molar-refractivity contribution is 5.75. The molecule has 1 aromatic heterocycles. The van der Waals surface area contributed by atoms with Gasteiger partial charge in [-0.15, -0.1) is 0 Å². The van der Waals surface area contributed by atoms with Gasteiger partial charge in [0.05, 0.1) is 0 Å². The van der Waals surface area contributed by atoms with Crippen molar-refractivity contribution < 1.29 is 9.90 Å². The molecule has 2 aliphatic heterocycles. The van der Waals surface area contributed by atoms with Crippen LogP contribution in [0, 0.1) is 0 Å². The SMILES string of the molecule is O=C(O)C(c1cccnc1)N1CCN2CCCC2C1. The monoisotopic (exact) mass is 261 g/mol. The lowest BCUT2D eigenvalue weighted by atomic mass is 10.0. The third-order valence-corrected chi connectivity index (χ3v) is 4.22. The van der Waals surface area contributed by atoms with E-state index in [2.05, 4.69) is 14.8 Å². The maximum absolute atomic E-state index is 11.6. The van der Waals surface area contributed by atoms with Crippen molar-refractivity contribution in [1.82, 2.24) is 14.8 Å². The van der Waals surface area contributed by atoms with Crippen LogP contribution in [0.3, 0.4) is 0 Å². The minimum Gasteiger partial charge on any atom is -0.480 e. The topological polar surface area (TPSA) is 56.7 Å². The first-order chi connectivity index (χ1) is 9.25. The molecule has 5 nitrogen and oxygen atoms in total. The zero-order valence-electron chi connectivity index (χ0n) is 10.9. The van der Waals surface area contributed by atoms with Crippen LogP contribution < -0.4 is 0 Å². The van der Waals surface area contributed by atoms with Crippen molar-refractivity contribution in [3.63, 3.8) is 0 Å². The number of aliphatic carboxylic acids is 1. The zero-order valence-corrected chi connectivity index (χ0v) is 10.9. The predicted octanol–water partition coefficient (Wildman–Crippen LogP) is 0.987. The Hall–Kier alpha value is -1.46. The van der Waals surface area contributed by atoms with E-state index in [1.807, 2.05) is 6.07 Å². The van der Waals surface area contributed by atoms with E-state index in [1.165, 1.54) is 19.4 Å². The molecule has 19 heavy (non-hydrogen) atoms. The van der Waals surface area contributed by atoms with Crippen molar-refractivity contribution in [1.29, 1.82) is 0 Å². The molecule has 102 valence electrons. The van der Waals surface area contributed by atoms with Crippen LogP contribution in [-0.2, 0) is 4.79 Å². The summed E-state index contributed by atoms with van der Waals surface area (Å²) >= 11 is 0. The highest BCUT2D eigenvalue weighted by Gasteiger charge is 2.36. The Morgan fingerprint density at radius 2 is 2.32 bits per heavy atom. The lowest BCUT2D eigenvalue weighted by Gasteiger charge is -2.40. The van der Waals surface area contributed by atoms with Crippen LogP contribution in [0.2, 0.25) is 0 Å². The molecular weight excluding hydrogens is 242 g/mol. The Kier molecular flexibility index (Phi) is 3.48. The van der Waals surface area contributed by atoms with Gasteiger partial charge in [-0.1, -0.05) is 6.07 Å². The summed E-state index contributed by atoms with van der Waals surface area (Å²) in [6.07, 6.45) is 5.77. The Morgan fingerprint density at radius 1 is 1.42 bits per heavy atom. The third kappa shape index (κ3) is 2.48. The Labute approximate surface area is 112 Å². The molecular formula is C14H19N3O2. The van der Waals surface area contributed by atoms with Crippen molar-refractivity contribution in [3.8, 4) is 0 Å². The fourth-order valence-electron chi connectivity index (χ4n) is 3.30. The minimum absolute atomic E-state index is 0.535. The smallest absolute Gasteiger partial charge is 0.325 e. The number of fused-ring (bicyclic) bond motifs is 1. The van der Waals surface area contributed by atoms with Crippen LogP contribution in [0.25, 0.3) is 0 Å². The molecule has 1 N–H and O–H groups in total. The van der Waals surface area contributed by atoms with Gasteiger partial charge in [-0.3, -0.25) is 19.6 Å². The highest BCUT2D eigenvalue weighted by Crippen LogP contribution is 2.28. The van der Waals surface area contributed by atoms with E-state index in [1.54, 1.807) is 18.5 Å². The van der Waals surface area contributed by atoms with Gasteiger partial charge in [0.2, 0.25) is 0 Å². The number of carbonyl (C=O) groups is 1. The number of hydrogen-bond donors (Lipinski definition) is 1. The Balaban J connectivity index is 1.79. The first-order valence-corrected chi connectivity index (χ1v) is 6.86. The average Bonchev–Trinajstić information content (AvgIpc) is 2.87. The van der Waals surface area contributed by atoms with Crippen molar-refractivity contribution in [2.75, 3.05) is 26.2 Å². The Morgan fingerprint density at radius 3 is 3.05 bits per heavy atom. The fourth-order valence-corrected chi connectivity index (χ4v) is 3.30. The quantitative estimate of drug-likeness (QED) is 0.879. The van der Waals surface area contributed by atoms with Crippen molar-refractivity contribution in [2.45, 2.75) is 24.9 Å². The van der Waals surface area contributed by atoms with Crippen molar-refractivity contribution in [3.05, 3.63) is 30.1 Å². The van der Waals surface area contributed by atoms with Crippen LogP contribution in [0.5, 0.6) is 0 Å². The number of nitrogens with zero attached hydrogens (tertiary/aromatic N) is 3. The largest absolute Gasteiger partial charge is 0.480 e. The summed E-state index contributed by atoms with van der Waals surface area (Å²) in [5, 5.41) is 9.54.